The van der Waals surface area contributed by atoms with E-state index in [9.17, 15) is 4.79 Å². The molecule has 0 aliphatic heterocycles. The Labute approximate surface area is 105 Å². The van der Waals surface area contributed by atoms with Crippen LogP contribution in [-0.4, -0.2) is 23.3 Å². The topological polar surface area (TPSA) is 35.5 Å². The van der Waals surface area contributed by atoms with Crippen LogP contribution in [0.4, 0.5) is 4.79 Å². The summed E-state index contributed by atoms with van der Waals surface area (Å²) < 4.78 is 11.3. The van der Waals surface area contributed by atoms with Crippen LogP contribution in [0.25, 0.3) is 0 Å². The fourth-order valence-electron chi connectivity index (χ4n) is 1.71. The molecule has 0 heterocycles. The third-order valence-corrected chi connectivity index (χ3v) is 3.33. The van der Waals surface area contributed by atoms with Gasteiger partial charge in [0, 0.05) is 0 Å². The number of alkyl halides is 1. The standard InChI is InChI=1S/C11H19IO3/c12-8-4-5-9-14-11(13)15-10-6-2-1-3-7-10/h10H,1-9H2. The molecule has 0 amide bonds. The smallest absolute Gasteiger partial charge is 0.434 e. The summed E-state index contributed by atoms with van der Waals surface area (Å²) in [6, 6.07) is 0. The average molecular weight is 326 g/mol. The number of carbonyl (C=O) groups excluding carboxylic acids is 1. The number of rotatable bonds is 5. The maximum atomic E-state index is 11.2. The average Bonchev–Trinajstić information content (AvgIpc) is 2.26. The van der Waals surface area contributed by atoms with Crippen molar-refractivity contribution in [3.63, 3.8) is 0 Å². The van der Waals surface area contributed by atoms with Crippen LogP contribution in [0.15, 0.2) is 0 Å². The molecule has 0 spiro atoms. The molecule has 1 aliphatic rings. The predicted molar refractivity (Wildman–Crippen MR) is 67.4 cm³/mol. The molecule has 0 radical (unpaired) electrons. The number of hydrogen-bond acceptors (Lipinski definition) is 3. The first kappa shape index (κ1) is 13.1. The van der Waals surface area contributed by atoms with Crippen LogP contribution in [0.2, 0.25) is 0 Å². The summed E-state index contributed by atoms with van der Waals surface area (Å²) >= 11 is 2.32. The Morgan fingerprint density at radius 2 is 1.93 bits per heavy atom. The Morgan fingerprint density at radius 1 is 1.20 bits per heavy atom. The molecule has 0 unspecified atom stereocenters. The van der Waals surface area contributed by atoms with Crippen molar-refractivity contribution >= 4 is 28.7 Å². The molecule has 0 saturated heterocycles. The summed E-state index contributed by atoms with van der Waals surface area (Å²) in [4.78, 5) is 11.2. The van der Waals surface area contributed by atoms with Gasteiger partial charge in [0.2, 0.25) is 0 Å². The van der Waals surface area contributed by atoms with Gasteiger partial charge < -0.3 is 9.47 Å². The molecule has 88 valence electrons. The molecule has 0 aromatic heterocycles. The van der Waals surface area contributed by atoms with Crippen molar-refractivity contribution in [3.8, 4) is 0 Å². The molecule has 0 aromatic rings. The monoisotopic (exact) mass is 326 g/mol. The first-order valence-corrected chi connectivity index (χ1v) is 7.25. The van der Waals surface area contributed by atoms with E-state index in [1.54, 1.807) is 0 Å². The van der Waals surface area contributed by atoms with Crippen LogP contribution in [0.1, 0.15) is 44.9 Å². The van der Waals surface area contributed by atoms with E-state index < -0.39 is 6.16 Å². The van der Waals surface area contributed by atoms with Gasteiger partial charge in [-0.05, 0) is 43.0 Å². The largest absolute Gasteiger partial charge is 0.508 e. The highest BCUT2D eigenvalue weighted by Crippen LogP contribution is 2.20. The molecule has 3 nitrogen and oxygen atoms in total. The van der Waals surface area contributed by atoms with Crippen LogP contribution in [0.3, 0.4) is 0 Å². The van der Waals surface area contributed by atoms with Crippen molar-refractivity contribution in [1.82, 2.24) is 0 Å². The van der Waals surface area contributed by atoms with Gasteiger partial charge in [-0.1, -0.05) is 29.0 Å². The molecule has 0 bridgehead atoms. The molecule has 1 saturated carbocycles. The van der Waals surface area contributed by atoms with Crippen molar-refractivity contribution in [3.05, 3.63) is 0 Å². The molecule has 1 fully saturated rings. The quantitative estimate of drug-likeness (QED) is 0.335. The highest BCUT2D eigenvalue weighted by molar-refractivity contribution is 14.1. The lowest BCUT2D eigenvalue weighted by atomic mass is 9.98. The minimum Gasteiger partial charge on any atom is -0.434 e. The fourth-order valence-corrected chi connectivity index (χ4v) is 2.24. The highest BCUT2D eigenvalue weighted by Gasteiger charge is 2.18. The van der Waals surface area contributed by atoms with Gasteiger partial charge in [-0.2, -0.15) is 0 Å². The predicted octanol–water partition coefficient (Wildman–Crippen LogP) is 3.69. The maximum Gasteiger partial charge on any atom is 0.508 e. The second-order valence-corrected chi connectivity index (χ2v) is 4.95. The molecular weight excluding hydrogens is 307 g/mol. The normalized spacial score (nSPS) is 17.4. The number of carbonyl (C=O) groups is 1. The molecular formula is C11H19IO3. The van der Waals surface area contributed by atoms with Crippen molar-refractivity contribution in [2.45, 2.75) is 51.0 Å². The Hall–Kier alpha value is -0.0000000000000000555. The summed E-state index contributed by atoms with van der Waals surface area (Å²) in [5, 5.41) is 0. The molecule has 15 heavy (non-hydrogen) atoms. The highest BCUT2D eigenvalue weighted by atomic mass is 127. The lowest BCUT2D eigenvalue weighted by Crippen LogP contribution is -2.21. The second kappa shape index (κ2) is 8.19. The summed E-state index contributed by atoms with van der Waals surface area (Å²) in [6.07, 6.45) is 7.28. The first-order valence-electron chi connectivity index (χ1n) is 5.72. The number of ether oxygens (including phenoxy) is 2. The number of unbranched alkanes of at least 4 members (excludes halogenated alkanes) is 1. The van der Waals surface area contributed by atoms with Crippen LogP contribution >= 0.6 is 22.6 Å². The molecule has 0 aromatic carbocycles. The van der Waals surface area contributed by atoms with E-state index in [1.165, 1.54) is 19.3 Å². The Kier molecular flexibility index (Phi) is 7.13. The number of hydrogen-bond donors (Lipinski definition) is 0. The van der Waals surface area contributed by atoms with E-state index in [4.69, 9.17) is 9.47 Å². The molecule has 1 aliphatic carbocycles. The zero-order valence-corrected chi connectivity index (χ0v) is 11.2. The van der Waals surface area contributed by atoms with Gasteiger partial charge >= 0.3 is 6.16 Å². The maximum absolute atomic E-state index is 11.2. The van der Waals surface area contributed by atoms with Gasteiger partial charge in [0.1, 0.15) is 6.10 Å². The lowest BCUT2D eigenvalue weighted by Gasteiger charge is -2.21. The van der Waals surface area contributed by atoms with Crippen LogP contribution < -0.4 is 0 Å². The van der Waals surface area contributed by atoms with Crippen molar-refractivity contribution in [1.29, 1.82) is 0 Å². The van der Waals surface area contributed by atoms with Gasteiger partial charge in [0.05, 0.1) is 6.61 Å². The van der Waals surface area contributed by atoms with Crippen LogP contribution in [-0.2, 0) is 9.47 Å². The van der Waals surface area contributed by atoms with E-state index in [0.29, 0.717) is 6.61 Å². The van der Waals surface area contributed by atoms with E-state index >= 15 is 0 Å². The molecule has 1 rings (SSSR count). The Balaban J connectivity index is 2.01. The van der Waals surface area contributed by atoms with Gasteiger partial charge in [-0.25, -0.2) is 4.79 Å². The zero-order chi connectivity index (χ0) is 10.9. The zero-order valence-electron chi connectivity index (χ0n) is 9.04. The fraction of sp³-hybridized carbons (Fsp3) is 0.909. The van der Waals surface area contributed by atoms with Crippen molar-refractivity contribution < 1.29 is 14.3 Å². The third kappa shape index (κ3) is 6.22. The van der Waals surface area contributed by atoms with Crippen molar-refractivity contribution in [2.75, 3.05) is 11.0 Å². The summed E-state index contributed by atoms with van der Waals surface area (Å²) in [5.41, 5.74) is 0. The van der Waals surface area contributed by atoms with Crippen LogP contribution in [0.5, 0.6) is 0 Å². The lowest BCUT2D eigenvalue weighted by molar-refractivity contribution is 0.0108. The van der Waals surface area contributed by atoms with Crippen molar-refractivity contribution in [2.24, 2.45) is 0 Å². The van der Waals surface area contributed by atoms with E-state index in [0.717, 1.165) is 30.1 Å². The Bertz CT molecular complexity index is 179. The second-order valence-electron chi connectivity index (χ2n) is 3.87. The van der Waals surface area contributed by atoms with Crippen LogP contribution in [0, 0.1) is 0 Å². The van der Waals surface area contributed by atoms with Gasteiger partial charge in [0.15, 0.2) is 0 Å². The minimum absolute atomic E-state index is 0.107. The van der Waals surface area contributed by atoms with Gasteiger partial charge in [0.25, 0.3) is 0 Å². The first-order chi connectivity index (χ1) is 7.33. The van der Waals surface area contributed by atoms with Gasteiger partial charge in [-0.15, -0.1) is 0 Å². The molecule has 4 heteroatoms. The number of halogens is 1. The minimum atomic E-state index is -0.477. The molecule has 0 N–H and O–H groups in total. The summed E-state index contributed by atoms with van der Waals surface area (Å²) in [5.74, 6) is 0. The summed E-state index contributed by atoms with van der Waals surface area (Å²) in [6.45, 7) is 0.495. The van der Waals surface area contributed by atoms with E-state index in [-0.39, 0.29) is 6.10 Å². The van der Waals surface area contributed by atoms with E-state index in [1.807, 2.05) is 0 Å². The Morgan fingerprint density at radius 3 is 2.60 bits per heavy atom. The SMILES string of the molecule is O=C(OCCCCI)OC1CCCCC1. The molecule has 0 atom stereocenters. The van der Waals surface area contributed by atoms with Gasteiger partial charge in [-0.3, -0.25) is 0 Å². The summed E-state index contributed by atoms with van der Waals surface area (Å²) in [7, 11) is 0. The van der Waals surface area contributed by atoms with E-state index in [2.05, 4.69) is 22.6 Å². The third-order valence-electron chi connectivity index (χ3n) is 2.56.